The number of nitrogens with one attached hydrogen (secondary N) is 1. The van der Waals surface area contributed by atoms with Gasteiger partial charge in [-0.3, -0.25) is 10.3 Å². The minimum atomic E-state index is -4.80. The van der Waals surface area contributed by atoms with Crippen LogP contribution >= 0.6 is 39.1 Å². The predicted molar refractivity (Wildman–Crippen MR) is 90.5 cm³/mol. The molecule has 1 heterocycles. The summed E-state index contributed by atoms with van der Waals surface area (Å²) in [5, 5.41) is 0.0854. The number of hydrogen-bond donors (Lipinski definition) is 1. The molecule has 1 atom stereocenters. The van der Waals surface area contributed by atoms with Gasteiger partial charge in [-0.2, -0.15) is 13.2 Å². The zero-order valence-corrected chi connectivity index (χ0v) is 15.2. The molecule has 0 amide bonds. The van der Waals surface area contributed by atoms with Gasteiger partial charge in [-0.15, -0.1) is 0 Å². The molecular weight excluding hydrogens is 449 g/mol. The third-order valence-electron chi connectivity index (χ3n) is 3.61. The highest BCUT2D eigenvalue weighted by Crippen LogP contribution is 2.48. The van der Waals surface area contributed by atoms with Crippen LogP contribution in [0.4, 0.5) is 17.6 Å². The fourth-order valence-electron chi connectivity index (χ4n) is 2.42. The van der Waals surface area contributed by atoms with Gasteiger partial charge in [0.2, 0.25) is 5.60 Å². The van der Waals surface area contributed by atoms with Crippen molar-refractivity contribution in [1.82, 2.24) is 5.48 Å². The normalized spacial score (nSPS) is 20.4. The molecule has 0 saturated heterocycles. The smallest absolute Gasteiger partial charge is 0.265 e. The van der Waals surface area contributed by atoms with Gasteiger partial charge in [0.15, 0.2) is 0 Å². The molecule has 0 saturated carbocycles. The summed E-state index contributed by atoms with van der Waals surface area (Å²) < 4.78 is 55.0. The molecule has 0 bridgehead atoms. The molecule has 0 fully saturated rings. The van der Waals surface area contributed by atoms with Crippen LogP contribution in [0.25, 0.3) is 5.70 Å². The third-order valence-corrected chi connectivity index (χ3v) is 4.66. The van der Waals surface area contributed by atoms with Gasteiger partial charge in [-0.1, -0.05) is 23.2 Å². The molecule has 0 aliphatic carbocycles. The Morgan fingerprint density at radius 2 is 1.68 bits per heavy atom. The summed E-state index contributed by atoms with van der Waals surface area (Å²) in [6.45, 7) is 0. The van der Waals surface area contributed by atoms with Crippen LogP contribution in [-0.2, 0) is 10.4 Å². The van der Waals surface area contributed by atoms with Crippen molar-refractivity contribution in [3.63, 3.8) is 0 Å². The Labute approximate surface area is 158 Å². The highest BCUT2D eigenvalue weighted by atomic mass is 79.9. The Bertz CT molecular complexity index is 851. The largest absolute Gasteiger partial charge is 0.428 e. The number of halogens is 7. The second-order valence-corrected chi connectivity index (χ2v) is 7.01. The van der Waals surface area contributed by atoms with Crippen molar-refractivity contribution in [2.24, 2.45) is 0 Å². The highest BCUT2D eigenvalue weighted by Gasteiger charge is 2.59. The highest BCUT2D eigenvalue weighted by molar-refractivity contribution is 9.10. The molecule has 3 rings (SSSR count). The fraction of sp³-hybridized carbons (Fsp3) is 0.125. The van der Waals surface area contributed by atoms with Gasteiger partial charge < -0.3 is 0 Å². The fourth-order valence-corrected chi connectivity index (χ4v) is 3.32. The summed E-state index contributed by atoms with van der Waals surface area (Å²) in [6.07, 6.45) is -3.93. The first-order valence-electron chi connectivity index (χ1n) is 6.78. The topological polar surface area (TPSA) is 21.3 Å². The van der Waals surface area contributed by atoms with Crippen LogP contribution in [0, 0.1) is 5.82 Å². The van der Waals surface area contributed by atoms with E-state index in [4.69, 9.17) is 28.0 Å². The molecule has 1 N–H and O–H groups in total. The van der Waals surface area contributed by atoms with Crippen LogP contribution in [0.15, 0.2) is 46.9 Å². The molecule has 1 aliphatic heterocycles. The Balaban J connectivity index is 2.15. The number of benzene rings is 2. The summed E-state index contributed by atoms with van der Waals surface area (Å²) >= 11 is 14.7. The molecule has 0 aromatic heterocycles. The molecule has 1 aliphatic rings. The van der Waals surface area contributed by atoms with Gasteiger partial charge in [0.05, 0.1) is 10.2 Å². The third kappa shape index (κ3) is 3.38. The number of alkyl halides is 3. The predicted octanol–water partition coefficient (Wildman–Crippen LogP) is 6.23. The Morgan fingerprint density at radius 3 is 2.24 bits per heavy atom. The van der Waals surface area contributed by atoms with Gasteiger partial charge in [0.1, 0.15) is 5.82 Å². The van der Waals surface area contributed by atoms with Gasteiger partial charge in [-0.25, -0.2) is 4.39 Å². The summed E-state index contributed by atoms with van der Waals surface area (Å²) in [6, 6.07) is 7.38. The molecule has 0 radical (unpaired) electrons. The summed E-state index contributed by atoms with van der Waals surface area (Å²) in [5.41, 5.74) is -0.442. The van der Waals surface area contributed by atoms with Crippen LogP contribution in [-0.4, -0.2) is 6.18 Å². The van der Waals surface area contributed by atoms with Crippen molar-refractivity contribution in [2.45, 2.75) is 11.8 Å². The lowest BCUT2D eigenvalue weighted by molar-refractivity contribution is -0.269. The molecule has 0 spiro atoms. The van der Waals surface area contributed by atoms with Crippen molar-refractivity contribution in [2.75, 3.05) is 0 Å². The molecule has 1 unspecified atom stereocenters. The summed E-state index contributed by atoms with van der Waals surface area (Å²) in [7, 11) is 0. The minimum Gasteiger partial charge on any atom is -0.265 e. The van der Waals surface area contributed by atoms with E-state index in [-0.39, 0.29) is 25.8 Å². The van der Waals surface area contributed by atoms with Crippen LogP contribution in [0.2, 0.25) is 10.0 Å². The van der Waals surface area contributed by atoms with Crippen LogP contribution in [0.3, 0.4) is 0 Å². The quantitative estimate of drug-likeness (QED) is 0.541. The maximum atomic E-state index is 13.8. The second-order valence-electron chi connectivity index (χ2n) is 5.28. The SMILES string of the molecule is Fc1ccc(C2=CC(c3cc(Cl)cc(Cl)c3)(C(F)(F)F)ON2)cc1Br. The molecular formula is C16H8BrCl2F4NO. The average molecular weight is 457 g/mol. The van der Waals surface area contributed by atoms with Gasteiger partial charge in [0, 0.05) is 21.2 Å². The second kappa shape index (κ2) is 6.46. The maximum absolute atomic E-state index is 13.8. The average Bonchev–Trinajstić information content (AvgIpc) is 2.95. The van der Waals surface area contributed by atoms with E-state index in [0.717, 1.165) is 24.3 Å². The molecule has 9 heteroatoms. The van der Waals surface area contributed by atoms with Crippen LogP contribution in [0.5, 0.6) is 0 Å². The Kier molecular flexibility index (Phi) is 4.79. The molecule has 25 heavy (non-hydrogen) atoms. The number of hydroxylamine groups is 1. The van der Waals surface area contributed by atoms with E-state index >= 15 is 0 Å². The van der Waals surface area contributed by atoms with Gasteiger partial charge in [-0.05, 0) is 58.4 Å². The van der Waals surface area contributed by atoms with E-state index < -0.39 is 17.6 Å². The Hall–Kier alpha value is -1.28. The van der Waals surface area contributed by atoms with Crippen molar-refractivity contribution in [3.05, 3.63) is 73.9 Å². The van der Waals surface area contributed by atoms with Crippen molar-refractivity contribution in [1.29, 1.82) is 0 Å². The van der Waals surface area contributed by atoms with E-state index in [2.05, 4.69) is 21.4 Å². The molecule has 2 aromatic carbocycles. The van der Waals surface area contributed by atoms with Crippen LogP contribution < -0.4 is 5.48 Å². The lowest BCUT2D eigenvalue weighted by Crippen LogP contribution is -2.42. The Morgan fingerprint density at radius 1 is 1.04 bits per heavy atom. The lowest BCUT2D eigenvalue weighted by Gasteiger charge is -2.28. The van der Waals surface area contributed by atoms with E-state index in [9.17, 15) is 17.6 Å². The number of hydrogen-bond acceptors (Lipinski definition) is 2. The van der Waals surface area contributed by atoms with E-state index in [1.807, 2.05) is 0 Å². The maximum Gasteiger partial charge on any atom is 0.428 e. The first-order valence-corrected chi connectivity index (χ1v) is 8.33. The monoisotopic (exact) mass is 455 g/mol. The van der Waals surface area contributed by atoms with Crippen molar-refractivity contribution in [3.8, 4) is 0 Å². The van der Waals surface area contributed by atoms with Crippen molar-refractivity contribution < 1.29 is 22.4 Å². The van der Waals surface area contributed by atoms with Crippen molar-refractivity contribution >= 4 is 44.8 Å². The van der Waals surface area contributed by atoms with Gasteiger partial charge in [0.25, 0.3) is 0 Å². The standard InChI is InChI=1S/C16H8BrCl2F4NO/c17-12-3-8(1-2-13(12)20)14-7-15(25-24-14,16(21,22)23)9-4-10(18)6-11(19)5-9/h1-7,24H. The minimum absolute atomic E-state index is 0.0362. The summed E-state index contributed by atoms with van der Waals surface area (Å²) in [4.78, 5) is 4.94. The zero-order chi connectivity index (χ0) is 18.4. The van der Waals surface area contributed by atoms with Crippen LogP contribution in [0.1, 0.15) is 11.1 Å². The van der Waals surface area contributed by atoms with Gasteiger partial charge >= 0.3 is 6.18 Å². The first kappa shape index (κ1) is 18.5. The number of rotatable bonds is 2. The van der Waals surface area contributed by atoms with E-state index in [1.54, 1.807) is 0 Å². The first-order chi connectivity index (χ1) is 11.6. The summed E-state index contributed by atoms with van der Waals surface area (Å²) in [5.74, 6) is -0.535. The zero-order valence-electron chi connectivity index (χ0n) is 12.1. The lowest BCUT2D eigenvalue weighted by atomic mass is 9.91. The molecule has 2 aromatic rings. The van der Waals surface area contributed by atoms with E-state index in [1.165, 1.54) is 18.2 Å². The van der Waals surface area contributed by atoms with E-state index in [0.29, 0.717) is 5.56 Å². The molecule has 2 nitrogen and oxygen atoms in total. The molecule has 132 valence electrons.